The molecule has 0 aromatic heterocycles. The van der Waals surface area contributed by atoms with Gasteiger partial charge in [0.1, 0.15) is 23.3 Å². The topological polar surface area (TPSA) is 183 Å². The number of ether oxygens (including phenoxy) is 2. The van der Waals surface area contributed by atoms with Gasteiger partial charge in [0, 0.05) is 6.42 Å². The molecule has 2 N–H and O–H groups in total. The van der Waals surface area contributed by atoms with Gasteiger partial charge in [-0.25, -0.2) is 8.42 Å². The van der Waals surface area contributed by atoms with Crippen molar-refractivity contribution in [2.75, 3.05) is 26.4 Å². The van der Waals surface area contributed by atoms with Crippen LogP contribution < -0.4 is 64.4 Å². The zero-order chi connectivity index (χ0) is 23.8. The van der Waals surface area contributed by atoms with Gasteiger partial charge in [-0.3, -0.25) is 9.59 Å². The van der Waals surface area contributed by atoms with E-state index in [-0.39, 0.29) is 64.9 Å². The van der Waals surface area contributed by atoms with Crippen LogP contribution in [0, 0.1) is 0 Å². The molecule has 1 atom stereocenters. The molecule has 0 saturated carbocycles. The van der Waals surface area contributed by atoms with E-state index in [1.54, 1.807) is 6.08 Å². The number of unbranched alkanes of at least 4 members (excludes halogenated alkanes) is 4. The van der Waals surface area contributed by atoms with E-state index >= 15 is 0 Å². The molecule has 0 aromatic carbocycles. The average molecular weight is 512 g/mol. The summed E-state index contributed by atoms with van der Waals surface area (Å²) < 4.78 is 42.3. The minimum atomic E-state index is -5.36. The first kappa shape index (κ1) is 37.6. The normalized spacial score (nSPS) is 12.7. The van der Waals surface area contributed by atoms with Crippen molar-refractivity contribution in [2.24, 2.45) is 0 Å². The van der Waals surface area contributed by atoms with Gasteiger partial charge >= 0.3 is 71.1 Å². The maximum atomic E-state index is 12.4. The van der Waals surface area contributed by atoms with E-state index in [4.69, 9.17) is 10.2 Å². The van der Waals surface area contributed by atoms with Crippen LogP contribution in [-0.4, -0.2) is 66.3 Å². The summed E-state index contributed by atoms with van der Waals surface area (Å²) in [5.74, 6) is -2.45. The first-order valence-corrected chi connectivity index (χ1v) is 11.2. The summed E-state index contributed by atoms with van der Waals surface area (Å²) in [6, 6.07) is 0. The summed E-state index contributed by atoms with van der Waals surface area (Å²) in [7, 11) is -5.36. The van der Waals surface area contributed by atoms with Gasteiger partial charge in [0.15, 0.2) is 4.75 Å². The molecule has 0 rings (SSSR count). The standard InChI is InChI=1S/C19H32O11S.2Na/c1-16(30-24)9-7-5-3-2-4-6-8-10-19(31(25,26)27,18(23)29-14-12-21)15-17(22)28-13-11-20;;/h6,8,20-21,24H,1-5,7,9-15H2,(H,25,26,27);;/q;2*+1/p-2/b8-6+;;. The number of rotatable bonds is 18. The molecule has 0 heterocycles. The van der Waals surface area contributed by atoms with Crippen molar-refractivity contribution >= 4 is 22.1 Å². The Hall–Kier alpha value is 0.0100. The number of allylic oxidation sites excluding steroid dienone is 3. The molecule has 1 unspecified atom stereocenters. The van der Waals surface area contributed by atoms with E-state index in [9.17, 15) is 27.8 Å². The molecule has 0 fully saturated rings. The van der Waals surface area contributed by atoms with Crippen LogP contribution in [0.15, 0.2) is 24.5 Å². The minimum Gasteiger partial charge on any atom is -0.747 e. The van der Waals surface area contributed by atoms with E-state index in [1.807, 2.05) is 0 Å². The first-order valence-electron chi connectivity index (χ1n) is 9.77. The third-order valence-corrected chi connectivity index (χ3v) is 5.70. The molecule has 0 radical (unpaired) electrons. The van der Waals surface area contributed by atoms with Crippen LogP contribution in [-0.2, 0) is 34.1 Å². The number of carbonyl (C=O) groups is 2. The van der Waals surface area contributed by atoms with E-state index < -0.39 is 66.1 Å². The summed E-state index contributed by atoms with van der Waals surface area (Å²) in [5, 5.41) is 27.6. The fourth-order valence-electron chi connectivity index (χ4n) is 2.60. The molecule has 11 nitrogen and oxygen atoms in total. The van der Waals surface area contributed by atoms with Gasteiger partial charge in [-0.05, 0) is 25.7 Å². The number of aliphatic hydroxyl groups is 2. The second-order valence-electron chi connectivity index (χ2n) is 6.68. The average Bonchev–Trinajstić information content (AvgIpc) is 2.72. The number of hydrogen-bond donors (Lipinski definition) is 2. The van der Waals surface area contributed by atoms with E-state index in [2.05, 4.69) is 20.9 Å². The van der Waals surface area contributed by atoms with Crippen molar-refractivity contribution in [3.8, 4) is 0 Å². The Morgan fingerprint density at radius 2 is 1.55 bits per heavy atom. The van der Waals surface area contributed by atoms with Crippen LogP contribution in [0.25, 0.3) is 0 Å². The van der Waals surface area contributed by atoms with Gasteiger partial charge in [0.25, 0.3) is 0 Å². The monoisotopic (exact) mass is 512 g/mol. The Morgan fingerprint density at radius 3 is 2.09 bits per heavy atom. The van der Waals surface area contributed by atoms with Crippen molar-refractivity contribution in [1.82, 2.24) is 0 Å². The van der Waals surface area contributed by atoms with E-state index in [0.29, 0.717) is 12.8 Å². The fraction of sp³-hybridized carbons (Fsp3) is 0.684. The summed E-state index contributed by atoms with van der Waals surface area (Å²) in [6.45, 7) is 1.34. The molecule has 0 aromatic rings. The zero-order valence-electron chi connectivity index (χ0n) is 19.3. The Balaban J connectivity index is -0.00000450. The minimum absolute atomic E-state index is 0. The molecule has 0 amide bonds. The number of aliphatic hydroxyl groups excluding tert-OH is 2. The van der Waals surface area contributed by atoms with Crippen LogP contribution >= 0.6 is 0 Å². The number of esters is 2. The smallest absolute Gasteiger partial charge is 0.747 e. The molecule has 0 aliphatic heterocycles. The first-order chi connectivity index (χ1) is 14.6. The van der Waals surface area contributed by atoms with Crippen molar-refractivity contribution in [1.29, 1.82) is 0 Å². The van der Waals surface area contributed by atoms with Crippen molar-refractivity contribution in [2.45, 2.75) is 56.1 Å². The Kier molecular flexibility index (Phi) is 24.2. The zero-order valence-corrected chi connectivity index (χ0v) is 24.1. The predicted octanol–water partition coefficient (Wildman–Crippen LogP) is -6.17. The molecule has 0 aliphatic carbocycles. The van der Waals surface area contributed by atoms with Crippen LogP contribution in [0.4, 0.5) is 0 Å². The Morgan fingerprint density at radius 1 is 0.970 bits per heavy atom. The van der Waals surface area contributed by atoms with Crippen molar-refractivity contribution in [3.63, 3.8) is 0 Å². The van der Waals surface area contributed by atoms with Gasteiger partial charge in [-0.1, -0.05) is 31.6 Å². The largest absolute Gasteiger partial charge is 1.00 e. The molecule has 14 heteroatoms. The Labute approximate surface area is 238 Å². The van der Waals surface area contributed by atoms with Crippen LogP contribution in [0.5, 0.6) is 0 Å². The van der Waals surface area contributed by atoms with Crippen LogP contribution in [0.2, 0.25) is 0 Å². The number of carbonyl (C=O) groups excluding carboxylic acids is 2. The summed E-state index contributed by atoms with van der Waals surface area (Å²) in [4.78, 5) is 28.0. The van der Waals surface area contributed by atoms with E-state index in [0.717, 1.165) is 25.7 Å². The van der Waals surface area contributed by atoms with Gasteiger partial charge < -0.3 is 34.4 Å². The summed E-state index contributed by atoms with van der Waals surface area (Å²) in [5.41, 5.74) is 0. The summed E-state index contributed by atoms with van der Waals surface area (Å²) >= 11 is 0. The van der Waals surface area contributed by atoms with Crippen molar-refractivity contribution in [3.05, 3.63) is 24.5 Å². The molecular formula is C19H30Na2O11S. The maximum absolute atomic E-state index is 12.4. The summed E-state index contributed by atoms with van der Waals surface area (Å²) in [6.07, 6.45) is 5.27. The molecule has 33 heavy (non-hydrogen) atoms. The van der Waals surface area contributed by atoms with Crippen LogP contribution in [0.1, 0.15) is 51.4 Å². The second kappa shape index (κ2) is 21.3. The molecular weight excluding hydrogens is 482 g/mol. The second-order valence-corrected chi connectivity index (χ2v) is 8.37. The Bertz CT molecular complexity index is 698. The molecule has 0 bridgehead atoms. The molecule has 0 spiro atoms. The number of hydrogen-bond acceptors (Lipinski definition) is 11. The van der Waals surface area contributed by atoms with Crippen LogP contribution in [0.3, 0.4) is 0 Å². The quantitative estimate of drug-likeness (QED) is 0.0260. The third kappa shape index (κ3) is 15.6. The van der Waals surface area contributed by atoms with Gasteiger partial charge in [-0.2, -0.15) is 0 Å². The third-order valence-electron chi connectivity index (χ3n) is 4.27. The van der Waals surface area contributed by atoms with Gasteiger partial charge in [0.2, 0.25) is 0 Å². The SMILES string of the molecule is C=C(CCCCCC/C=C/CC(CC(=O)OCCO)(C(=O)OCCO)S(=O)(=O)[O-])O[O-].[Na+].[Na+]. The molecule has 180 valence electrons. The fourth-order valence-corrected chi connectivity index (χ4v) is 3.46. The van der Waals surface area contributed by atoms with Gasteiger partial charge in [0.05, 0.1) is 25.4 Å². The maximum Gasteiger partial charge on any atom is 1.00 e. The molecule has 0 aliphatic rings. The van der Waals surface area contributed by atoms with E-state index in [1.165, 1.54) is 6.08 Å². The van der Waals surface area contributed by atoms with Crippen molar-refractivity contribution < 1.29 is 112 Å². The van der Waals surface area contributed by atoms with Gasteiger partial charge in [-0.15, -0.1) is 0 Å². The predicted molar refractivity (Wildman–Crippen MR) is 105 cm³/mol. The molecule has 0 saturated heterocycles.